The summed E-state index contributed by atoms with van der Waals surface area (Å²) < 4.78 is 50.0. The third-order valence-electron chi connectivity index (χ3n) is 9.62. The Labute approximate surface area is 410 Å². The van der Waals surface area contributed by atoms with Gasteiger partial charge in [0.2, 0.25) is 23.6 Å². The minimum absolute atomic E-state index is 0.222. The Kier molecular flexibility index (Phi) is 21.1. The second-order valence-corrected chi connectivity index (χ2v) is 25.5. The van der Waals surface area contributed by atoms with Crippen LogP contribution in [0.3, 0.4) is 0 Å². The monoisotopic (exact) mass is 1050 g/mol. The van der Waals surface area contributed by atoms with Gasteiger partial charge >= 0.3 is 28.4 Å². The number of benzene rings is 4. The van der Waals surface area contributed by atoms with Crippen LogP contribution in [0.1, 0.15) is 75.6 Å². The van der Waals surface area contributed by atoms with Crippen LogP contribution in [-0.4, -0.2) is 90.5 Å². The number of ether oxygens (including phenoxy) is 2. The number of azide groups is 1. The topological polar surface area (TPSA) is 188 Å². The van der Waals surface area contributed by atoms with E-state index in [1.165, 1.54) is 14.2 Å². The Morgan fingerprint density at radius 2 is 1.18 bits per heavy atom. The molecule has 67 heavy (non-hydrogen) atoms. The molecule has 0 aromatic heterocycles. The lowest BCUT2D eigenvalue weighted by Gasteiger charge is -2.25. The molecule has 0 saturated heterocycles. The average Bonchev–Trinajstić information content (AvgIpc) is 3.32. The molecule has 17 nitrogen and oxygen atoms in total. The van der Waals surface area contributed by atoms with E-state index in [2.05, 4.69) is 25.3 Å². The normalized spacial score (nSPS) is 14.4. The molecule has 0 heterocycles. The lowest BCUT2D eigenvalue weighted by molar-refractivity contribution is 0.0857. The van der Waals surface area contributed by atoms with E-state index in [1.54, 1.807) is 71.4 Å². The predicted octanol–water partition coefficient (Wildman–Crippen LogP) is 12.0. The summed E-state index contributed by atoms with van der Waals surface area (Å²) in [5, 5.41) is 28.9. The van der Waals surface area contributed by atoms with E-state index in [4.69, 9.17) is 68.5 Å². The maximum atomic E-state index is 12.5. The van der Waals surface area contributed by atoms with Crippen LogP contribution in [0.2, 0.25) is 0 Å². The summed E-state index contributed by atoms with van der Waals surface area (Å²) in [5.74, 6) is 0.695. The van der Waals surface area contributed by atoms with Crippen molar-refractivity contribution in [3.63, 3.8) is 0 Å². The first-order valence-corrected chi connectivity index (χ1v) is 29.1. The molecule has 0 aliphatic carbocycles. The minimum atomic E-state index is -3.70. The zero-order chi connectivity index (χ0) is 49.4. The molecule has 4 aromatic rings. The molecule has 4 rings (SSSR count). The Hall–Kier alpha value is -4.53. The van der Waals surface area contributed by atoms with Gasteiger partial charge in [-0.3, -0.25) is 18.6 Å². The molecule has 6 atom stereocenters. The van der Waals surface area contributed by atoms with Crippen molar-refractivity contribution in [2.45, 2.75) is 70.2 Å². The van der Waals surface area contributed by atoms with Crippen molar-refractivity contribution in [2.24, 2.45) is 20.4 Å². The highest BCUT2D eigenvalue weighted by Gasteiger charge is 2.42. The first kappa shape index (κ1) is 55.1. The highest BCUT2D eigenvalue weighted by atomic mass is 32.4. The fourth-order valence-corrected chi connectivity index (χ4v) is 10.5. The van der Waals surface area contributed by atoms with Gasteiger partial charge in [0.1, 0.15) is 11.5 Å². The van der Waals surface area contributed by atoms with Gasteiger partial charge in [-0.15, -0.1) is 15.0 Å². The number of nitrogens with zero attached hydrogens (tertiary/aromatic N) is 9. The molecule has 24 heteroatoms. The van der Waals surface area contributed by atoms with E-state index < -0.39 is 45.4 Å². The maximum absolute atomic E-state index is 12.5. The molecule has 6 unspecified atom stereocenters. The Morgan fingerprint density at radius 3 is 1.67 bits per heavy atom. The van der Waals surface area contributed by atoms with Gasteiger partial charge in [-0.2, -0.15) is 5.10 Å². The molecule has 0 bridgehead atoms. The van der Waals surface area contributed by atoms with E-state index in [1.807, 2.05) is 115 Å². The highest BCUT2D eigenvalue weighted by molar-refractivity contribution is 8.04. The quantitative estimate of drug-likeness (QED) is 0.0156. The van der Waals surface area contributed by atoms with Gasteiger partial charge in [0, 0.05) is 47.0 Å². The van der Waals surface area contributed by atoms with Crippen LogP contribution in [0.5, 0.6) is 23.0 Å². The van der Waals surface area contributed by atoms with Gasteiger partial charge in [-0.1, -0.05) is 30.3 Å². The Bertz CT molecular complexity index is 2490. The molecule has 0 spiro atoms. The van der Waals surface area contributed by atoms with E-state index in [0.29, 0.717) is 35.0 Å². The van der Waals surface area contributed by atoms with E-state index in [-0.39, 0.29) is 5.78 Å². The van der Waals surface area contributed by atoms with Crippen molar-refractivity contribution in [3.05, 3.63) is 130 Å². The number of rotatable bonds is 26. The van der Waals surface area contributed by atoms with Gasteiger partial charge in [0.15, 0.2) is 34.9 Å². The average molecular weight is 1050 g/mol. The molecule has 0 amide bonds. The molecule has 1 N–H and O–H groups in total. The number of hydrazone groups is 3. The standard InChI is InChI=1S/C43H56N9O8P4S3/c1-11-28-43(5,48-49-44)58-38-22-14-34(15-23-38)30-46-51(7)62(66)42(3,4)57-37-20-12-35(13-21-37)31-47-52(8)63(67)60-40-24-16-33(17-25-40)29-45-50(6)32(2)61(65)59-39-26-18-36(19-27-39)41(53)64(54,55-9)56-10/h12-27,29-32,41,53H,11,28H2,1-10H3/q+3/b45-29+,46-30+,47-31+. The van der Waals surface area contributed by atoms with Crippen LogP contribution in [0.15, 0.2) is 117 Å². The number of hydrogen-bond acceptors (Lipinski definition) is 16. The highest BCUT2D eigenvalue weighted by Crippen LogP contribution is 2.58. The summed E-state index contributed by atoms with van der Waals surface area (Å²) in [6.45, 7) is 6.92. The summed E-state index contributed by atoms with van der Waals surface area (Å²) in [5.41, 5.74) is 10.9. The second-order valence-electron chi connectivity index (χ2n) is 15.2. The van der Waals surface area contributed by atoms with Gasteiger partial charge in [-0.25, -0.2) is 0 Å². The van der Waals surface area contributed by atoms with Crippen molar-refractivity contribution in [1.82, 2.24) is 14.6 Å². The largest absolute Gasteiger partial charge is 0.540 e. The smallest absolute Gasteiger partial charge is 0.481 e. The van der Waals surface area contributed by atoms with Crippen molar-refractivity contribution < 1.29 is 37.2 Å². The van der Waals surface area contributed by atoms with E-state index >= 15 is 0 Å². The lowest BCUT2D eigenvalue weighted by atomic mass is 10.1. The zero-order valence-corrected chi connectivity index (χ0v) is 44.9. The Balaban J connectivity index is 1.23. The lowest BCUT2D eigenvalue weighted by Crippen LogP contribution is -2.28. The van der Waals surface area contributed by atoms with Crippen molar-refractivity contribution in [2.75, 3.05) is 35.4 Å². The predicted molar refractivity (Wildman–Crippen MR) is 280 cm³/mol. The third kappa shape index (κ3) is 16.6. The molecular formula is C43H56N9O8P4S3+3. The summed E-state index contributed by atoms with van der Waals surface area (Å²) in [6.07, 6.45) is 6.56. The van der Waals surface area contributed by atoms with Crippen molar-refractivity contribution >= 4 is 82.5 Å². The number of hydrogen-bond donors (Lipinski definition) is 1. The van der Waals surface area contributed by atoms with Crippen LogP contribution in [-0.2, 0) is 49.0 Å². The molecule has 0 aliphatic heterocycles. The first-order valence-electron chi connectivity index (χ1n) is 20.6. The van der Waals surface area contributed by atoms with E-state index in [9.17, 15) is 9.67 Å². The molecule has 0 aliphatic rings. The molecule has 0 radical (unpaired) electrons. The van der Waals surface area contributed by atoms with Crippen LogP contribution >= 0.6 is 28.4 Å². The van der Waals surface area contributed by atoms with Crippen LogP contribution in [0.4, 0.5) is 0 Å². The fourth-order valence-electron chi connectivity index (χ4n) is 5.74. The third-order valence-corrected chi connectivity index (χ3v) is 19.6. The minimum Gasteiger partial charge on any atom is -0.481 e. The van der Waals surface area contributed by atoms with Gasteiger partial charge in [0.05, 0.1) is 32.7 Å². The van der Waals surface area contributed by atoms with Gasteiger partial charge < -0.3 is 23.6 Å². The zero-order valence-electron chi connectivity index (χ0n) is 38.9. The number of aliphatic hydroxyl groups is 1. The Morgan fingerprint density at radius 1 is 0.731 bits per heavy atom. The fraction of sp³-hybridized carbons (Fsp3) is 0.372. The van der Waals surface area contributed by atoms with Crippen molar-refractivity contribution in [3.8, 4) is 23.0 Å². The summed E-state index contributed by atoms with van der Waals surface area (Å²) in [7, 11) is 2.64. The van der Waals surface area contributed by atoms with Gasteiger partial charge in [-0.05, 0) is 131 Å². The molecular weight excluding hydrogens is 991 g/mol. The molecule has 356 valence electrons. The summed E-state index contributed by atoms with van der Waals surface area (Å²) in [4.78, 5) is 2.94. The molecule has 0 saturated carbocycles. The van der Waals surface area contributed by atoms with E-state index in [0.717, 1.165) is 23.1 Å². The van der Waals surface area contributed by atoms with Crippen molar-refractivity contribution in [1.29, 1.82) is 0 Å². The van der Waals surface area contributed by atoms with Gasteiger partial charge in [0.25, 0.3) is 11.1 Å². The molecule has 4 aromatic carbocycles. The van der Waals surface area contributed by atoms with Crippen LogP contribution in [0.25, 0.3) is 10.4 Å². The SMILES string of the molecule is CCCC(C)(N=[N+]=[N-])Oc1ccc(/C=N/N(C)[P+](=S)C(C)(C)Oc2ccc(/C=N/N(C)[P+](=S)Oc3ccc(/C=N/N(C)C(C)[P+](=S)Oc4ccc(C(O)P(=O)(OC)OC)cc4)cc3)cc2)cc1. The summed E-state index contributed by atoms with van der Waals surface area (Å²) >= 11 is 17.2. The summed E-state index contributed by atoms with van der Waals surface area (Å²) in [6, 6.07) is 28.7. The van der Waals surface area contributed by atoms with Crippen LogP contribution < -0.4 is 18.5 Å². The number of aliphatic hydroxyl groups excluding tert-OH is 1. The first-order chi connectivity index (χ1) is 31.7. The second kappa shape index (κ2) is 25.7. The van der Waals surface area contributed by atoms with Crippen LogP contribution in [0, 0.1) is 0 Å². The molecule has 0 fully saturated rings. The maximum Gasteiger partial charge on any atom is 0.540 e.